The summed E-state index contributed by atoms with van der Waals surface area (Å²) in [4.78, 5) is 0. The number of rotatable bonds is 2. The van der Waals surface area contributed by atoms with Gasteiger partial charge in [-0.05, 0) is 5.56 Å². The fourth-order valence-electron chi connectivity index (χ4n) is 0.817. The highest BCUT2D eigenvalue weighted by atomic mass is 35.5. The van der Waals surface area contributed by atoms with E-state index in [1.165, 1.54) is 5.56 Å². The van der Waals surface area contributed by atoms with Gasteiger partial charge < -0.3 is 0 Å². The van der Waals surface area contributed by atoms with Gasteiger partial charge in [0.25, 0.3) is 0 Å². The van der Waals surface area contributed by atoms with Gasteiger partial charge in [-0.3, -0.25) is 0 Å². The molecular formula is C9H9Cl. The van der Waals surface area contributed by atoms with E-state index in [0.717, 1.165) is 6.42 Å². The second kappa shape index (κ2) is 3.43. The fraction of sp³-hybridized carbons (Fsp3) is 0.111. The molecule has 0 aliphatic rings. The van der Waals surface area contributed by atoms with Crippen LogP contribution in [-0.2, 0) is 6.42 Å². The smallest absolute Gasteiger partial charge is 0.0153 e. The zero-order valence-corrected chi connectivity index (χ0v) is 6.43. The van der Waals surface area contributed by atoms with Gasteiger partial charge in [-0.25, -0.2) is 0 Å². The summed E-state index contributed by atoms with van der Waals surface area (Å²) in [6, 6.07) is 10.0. The monoisotopic (exact) mass is 152 g/mol. The van der Waals surface area contributed by atoms with Crippen molar-refractivity contribution in [1.82, 2.24) is 0 Å². The molecule has 1 rings (SSSR count). The average Bonchev–Trinajstić information content (AvgIpc) is 1.88. The van der Waals surface area contributed by atoms with Gasteiger partial charge in [0.2, 0.25) is 0 Å². The lowest BCUT2D eigenvalue weighted by Gasteiger charge is -1.95. The lowest BCUT2D eigenvalue weighted by Crippen LogP contribution is -1.80. The van der Waals surface area contributed by atoms with Crippen molar-refractivity contribution in [2.75, 3.05) is 0 Å². The molecule has 52 valence electrons. The SMILES string of the molecule is C=C(Cl)Cc1ccccc1. The number of allylic oxidation sites excluding steroid dienone is 1. The summed E-state index contributed by atoms with van der Waals surface area (Å²) < 4.78 is 0. The third kappa shape index (κ3) is 2.24. The Bertz CT molecular complexity index is 213. The molecule has 1 aromatic carbocycles. The Labute approximate surface area is 66.1 Å². The average molecular weight is 153 g/mol. The van der Waals surface area contributed by atoms with Gasteiger partial charge in [0, 0.05) is 11.5 Å². The standard InChI is InChI=1S/C9H9Cl/c1-8(10)7-9-5-3-2-4-6-9/h2-6H,1,7H2. The van der Waals surface area contributed by atoms with Crippen molar-refractivity contribution >= 4 is 11.6 Å². The molecule has 10 heavy (non-hydrogen) atoms. The van der Waals surface area contributed by atoms with Gasteiger partial charge in [0.05, 0.1) is 0 Å². The second-order valence-corrected chi connectivity index (χ2v) is 2.71. The molecule has 0 nitrogen and oxygen atoms in total. The van der Waals surface area contributed by atoms with Crippen LogP contribution in [0.4, 0.5) is 0 Å². The van der Waals surface area contributed by atoms with Gasteiger partial charge in [0.1, 0.15) is 0 Å². The summed E-state index contributed by atoms with van der Waals surface area (Å²) in [7, 11) is 0. The molecule has 1 aromatic rings. The van der Waals surface area contributed by atoms with Gasteiger partial charge in [-0.2, -0.15) is 0 Å². The number of benzene rings is 1. The van der Waals surface area contributed by atoms with Gasteiger partial charge in [-0.1, -0.05) is 48.5 Å². The number of halogens is 1. The van der Waals surface area contributed by atoms with Crippen molar-refractivity contribution in [3.63, 3.8) is 0 Å². The van der Waals surface area contributed by atoms with Gasteiger partial charge in [0.15, 0.2) is 0 Å². The van der Waals surface area contributed by atoms with Crippen LogP contribution in [0.2, 0.25) is 0 Å². The quantitative estimate of drug-likeness (QED) is 0.611. The summed E-state index contributed by atoms with van der Waals surface area (Å²) in [5.74, 6) is 0. The van der Waals surface area contributed by atoms with E-state index in [-0.39, 0.29) is 0 Å². The largest absolute Gasteiger partial charge is 0.0894 e. The topological polar surface area (TPSA) is 0 Å². The van der Waals surface area contributed by atoms with Crippen LogP contribution in [0.15, 0.2) is 41.9 Å². The third-order valence-corrected chi connectivity index (χ3v) is 1.37. The number of hydrogen-bond acceptors (Lipinski definition) is 0. The van der Waals surface area contributed by atoms with Crippen molar-refractivity contribution < 1.29 is 0 Å². The lowest BCUT2D eigenvalue weighted by atomic mass is 10.2. The molecule has 0 N–H and O–H groups in total. The molecule has 0 amide bonds. The Kier molecular flexibility index (Phi) is 2.52. The Morgan fingerprint density at radius 3 is 2.40 bits per heavy atom. The van der Waals surface area contributed by atoms with Crippen molar-refractivity contribution in [3.8, 4) is 0 Å². The maximum Gasteiger partial charge on any atom is 0.0153 e. The van der Waals surface area contributed by atoms with Crippen molar-refractivity contribution in [2.45, 2.75) is 6.42 Å². The maximum atomic E-state index is 5.62. The predicted octanol–water partition coefficient (Wildman–Crippen LogP) is 2.98. The lowest BCUT2D eigenvalue weighted by molar-refractivity contribution is 1.25. The summed E-state index contributed by atoms with van der Waals surface area (Å²) in [5, 5.41) is 0.686. The van der Waals surface area contributed by atoms with Crippen LogP contribution in [0.1, 0.15) is 5.56 Å². The van der Waals surface area contributed by atoms with Gasteiger partial charge >= 0.3 is 0 Å². The molecule has 1 heteroatoms. The van der Waals surface area contributed by atoms with E-state index in [0.29, 0.717) is 5.03 Å². The first-order chi connectivity index (χ1) is 4.79. The number of hydrogen-bond donors (Lipinski definition) is 0. The van der Waals surface area contributed by atoms with Crippen molar-refractivity contribution in [3.05, 3.63) is 47.5 Å². The molecule has 0 aromatic heterocycles. The third-order valence-electron chi connectivity index (χ3n) is 1.24. The molecule has 0 unspecified atom stereocenters. The van der Waals surface area contributed by atoms with Crippen LogP contribution in [0.25, 0.3) is 0 Å². The highest BCUT2D eigenvalue weighted by Gasteiger charge is 1.90. The van der Waals surface area contributed by atoms with Crippen LogP contribution < -0.4 is 0 Å². The first-order valence-electron chi connectivity index (χ1n) is 3.16. The Hall–Kier alpha value is -0.750. The highest BCUT2D eigenvalue weighted by Crippen LogP contribution is 2.08. The zero-order valence-electron chi connectivity index (χ0n) is 5.68. The van der Waals surface area contributed by atoms with Gasteiger partial charge in [-0.15, -0.1) is 0 Å². The van der Waals surface area contributed by atoms with Crippen molar-refractivity contribution in [1.29, 1.82) is 0 Å². The first kappa shape index (κ1) is 7.36. The molecular weight excluding hydrogens is 144 g/mol. The molecule has 0 radical (unpaired) electrons. The molecule has 0 aliphatic heterocycles. The van der Waals surface area contributed by atoms with Crippen LogP contribution in [0.3, 0.4) is 0 Å². The van der Waals surface area contributed by atoms with Crippen LogP contribution >= 0.6 is 11.6 Å². The summed E-state index contributed by atoms with van der Waals surface area (Å²) in [6.45, 7) is 3.62. The Morgan fingerprint density at radius 2 is 1.90 bits per heavy atom. The van der Waals surface area contributed by atoms with E-state index in [2.05, 4.69) is 6.58 Å². The first-order valence-corrected chi connectivity index (χ1v) is 3.54. The van der Waals surface area contributed by atoms with E-state index < -0.39 is 0 Å². The Morgan fingerprint density at radius 1 is 1.30 bits per heavy atom. The molecule has 0 spiro atoms. The normalized spacial score (nSPS) is 9.30. The van der Waals surface area contributed by atoms with E-state index in [9.17, 15) is 0 Å². The van der Waals surface area contributed by atoms with Crippen LogP contribution in [0, 0.1) is 0 Å². The second-order valence-electron chi connectivity index (χ2n) is 2.18. The minimum atomic E-state index is 0.686. The molecule has 0 heterocycles. The summed E-state index contributed by atoms with van der Waals surface area (Å²) >= 11 is 5.62. The summed E-state index contributed by atoms with van der Waals surface area (Å²) in [5.41, 5.74) is 1.21. The van der Waals surface area contributed by atoms with Crippen molar-refractivity contribution in [2.24, 2.45) is 0 Å². The molecule has 0 saturated heterocycles. The fourth-order valence-corrected chi connectivity index (χ4v) is 0.972. The van der Waals surface area contributed by atoms with E-state index >= 15 is 0 Å². The predicted molar refractivity (Wildman–Crippen MR) is 45.1 cm³/mol. The molecule has 0 saturated carbocycles. The van der Waals surface area contributed by atoms with E-state index in [1.54, 1.807) is 0 Å². The maximum absolute atomic E-state index is 5.62. The van der Waals surface area contributed by atoms with E-state index in [4.69, 9.17) is 11.6 Å². The summed E-state index contributed by atoms with van der Waals surface area (Å²) in [6.07, 6.45) is 0.766. The molecule has 0 bridgehead atoms. The Balaban J connectivity index is 2.67. The molecule has 0 atom stereocenters. The van der Waals surface area contributed by atoms with Crippen LogP contribution in [0.5, 0.6) is 0 Å². The minimum absolute atomic E-state index is 0.686. The molecule has 0 aliphatic carbocycles. The molecule has 0 fully saturated rings. The highest BCUT2D eigenvalue weighted by molar-refractivity contribution is 6.29. The minimum Gasteiger partial charge on any atom is -0.0894 e. The zero-order chi connectivity index (χ0) is 7.40. The van der Waals surface area contributed by atoms with Crippen LogP contribution in [-0.4, -0.2) is 0 Å². The van der Waals surface area contributed by atoms with E-state index in [1.807, 2.05) is 30.3 Å².